The lowest BCUT2D eigenvalue weighted by Crippen LogP contribution is -2.19. The highest BCUT2D eigenvalue weighted by molar-refractivity contribution is 9.10. The number of nitrogens with two attached hydrogens (primary N) is 1. The first-order chi connectivity index (χ1) is 5.65. The lowest BCUT2D eigenvalue weighted by molar-refractivity contribution is 0.885. The Kier molecular flexibility index (Phi) is 2.83. The maximum atomic E-state index is 11.2. The van der Waals surface area contributed by atoms with Crippen LogP contribution < -0.4 is 11.3 Å². The van der Waals surface area contributed by atoms with Gasteiger partial charge in [-0.2, -0.15) is 0 Å². The first kappa shape index (κ1) is 9.22. The van der Waals surface area contributed by atoms with Gasteiger partial charge in [-0.15, -0.1) is 6.58 Å². The van der Waals surface area contributed by atoms with Crippen molar-refractivity contribution in [3.63, 3.8) is 0 Å². The molecule has 0 aliphatic carbocycles. The van der Waals surface area contributed by atoms with Gasteiger partial charge in [0.25, 0.3) is 5.56 Å². The van der Waals surface area contributed by atoms with Crippen LogP contribution >= 0.6 is 15.9 Å². The van der Waals surface area contributed by atoms with Crippen molar-refractivity contribution in [3.05, 3.63) is 45.3 Å². The van der Waals surface area contributed by atoms with E-state index in [4.69, 9.17) is 5.73 Å². The van der Waals surface area contributed by atoms with Gasteiger partial charge in [0, 0.05) is 16.2 Å². The lowest BCUT2D eigenvalue weighted by Gasteiger charge is -2.04. The van der Waals surface area contributed by atoms with Gasteiger partial charge < -0.3 is 10.7 Å². The molecule has 0 fully saturated rings. The number of H-pyrrole nitrogens is 1. The molecule has 0 amide bonds. The van der Waals surface area contributed by atoms with E-state index in [0.717, 1.165) is 4.47 Å². The Labute approximate surface area is 78.4 Å². The predicted octanol–water partition coefficient (Wildman–Crippen LogP) is 1.32. The van der Waals surface area contributed by atoms with Gasteiger partial charge in [0.05, 0.1) is 6.04 Å². The molecule has 0 aliphatic rings. The van der Waals surface area contributed by atoms with Crippen LogP contribution in [0.25, 0.3) is 0 Å². The van der Waals surface area contributed by atoms with Crippen LogP contribution in [-0.2, 0) is 0 Å². The van der Waals surface area contributed by atoms with Crippen molar-refractivity contribution in [3.8, 4) is 0 Å². The number of hydrogen-bond acceptors (Lipinski definition) is 2. The smallest absolute Gasteiger partial charge is 0.253 e. The molecule has 0 bridgehead atoms. The van der Waals surface area contributed by atoms with Crippen molar-refractivity contribution < 1.29 is 0 Å². The van der Waals surface area contributed by atoms with E-state index in [9.17, 15) is 4.79 Å². The van der Waals surface area contributed by atoms with E-state index in [-0.39, 0.29) is 5.56 Å². The van der Waals surface area contributed by atoms with E-state index < -0.39 is 6.04 Å². The predicted molar refractivity (Wildman–Crippen MR) is 51.9 cm³/mol. The van der Waals surface area contributed by atoms with Crippen LogP contribution in [0.2, 0.25) is 0 Å². The summed E-state index contributed by atoms with van der Waals surface area (Å²) in [5.74, 6) is 0. The minimum absolute atomic E-state index is 0.175. The van der Waals surface area contributed by atoms with Crippen LogP contribution in [0.5, 0.6) is 0 Å². The maximum Gasteiger partial charge on any atom is 0.253 e. The molecule has 3 nitrogen and oxygen atoms in total. The number of hydrogen-bond donors (Lipinski definition) is 2. The summed E-state index contributed by atoms with van der Waals surface area (Å²) in [7, 11) is 0. The average molecular weight is 229 g/mol. The molecule has 0 saturated carbocycles. The molecule has 12 heavy (non-hydrogen) atoms. The molecule has 1 rings (SSSR count). The van der Waals surface area contributed by atoms with Gasteiger partial charge in [-0.1, -0.05) is 6.08 Å². The minimum atomic E-state index is -0.411. The largest absolute Gasteiger partial charge is 0.328 e. The van der Waals surface area contributed by atoms with Gasteiger partial charge in [-0.3, -0.25) is 4.79 Å². The summed E-state index contributed by atoms with van der Waals surface area (Å²) in [4.78, 5) is 13.7. The zero-order valence-corrected chi connectivity index (χ0v) is 7.97. The number of aromatic nitrogens is 1. The van der Waals surface area contributed by atoms with Crippen LogP contribution in [0, 0.1) is 0 Å². The number of rotatable bonds is 2. The molecule has 1 atom stereocenters. The molecule has 4 heteroatoms. The summed E-state index contributed by atoms with van der Waals surface area (Å²) in [5.41, 5.74) is 5.94. The second kappa shape index (κ2) is 3.69. The summed E-state index contributed by atoms with van der Waals surface area (Å²) in [6.45, 7) is 3.51. The summed E-state index contributed by atoms with van der Waals surface area (Å²) >= 11 is 3.23. The molecular formula is C8H9BrN2O. The third-order valence-corrected chi connectivity index (χ3v) is 1.97. The molecule has 0 spiro atoms. The minimum Gasteiger partial charge on any atom is -0.328 e. The van der Waals surface area contributed by atoms with Crippen LogP contribution in [0.3, 0.4) is 0 Å². The van der Waals surface area contributed by atoms with Crippen LogP contribution in [0.4, 0.5) is 0 Å². The van der Waals surface area contributed by atoms with Crippen LogP contribution in [-0.4, -0.2) is 4.98 Å². The van der Waals surface area contributed by atoms with Gasteiger partial charge in [-0.05, 0) is 22.0 Å². The Hall–Kier alpha value is -0.870. The first-order valence-electron chi connectivity index (χ1n) is 3.41. The molecule has 0 saturated heterocycles. The Morgan fingerprint density at radius 3 is 3.00 bits per heavy atom. The zero-order chi connectivity index (χ0) is 9.14. The zero-order valence-electron chi connectivity index (χ0n) is 6.38. The maximum absolute atomic E-state index is 11.2. The Morgan fingerprint density at radius 1 is 1.75 bits per heavy atom. The molecule has 0 radical (unpaired) electrons. The van der Waals surface area contributed by atoms with Crippen molar-refractivity contribution in [1.82, 2.24) is 4.98 Å². The Morgan fingerprint density at radius 2 is 2.42 bits per heavy atom. The molecule has 0 unspecified atom stereocenters. The second-order valence-electron chi connectivity index (χ2n) is 2.36. The monoisotopic (exact) mass is 228 g/mol. The highest BCUT2D eigenvalue weighted by atomic mass is 79.9. The molecule has 1 aromatic heterocycles. The van der Waals surface area contributed by atoms with Gasteiger partial charge in [-0.25, -0.2) is 0 Å². The van der Waals surface area contributed by atoms with Crippen LogP contribution in [0.1, 0.15) is 11.6 Å². The van der Waals surface area contributed by atoms with Crippen molar-refractivity contribution in [2.75, 3.05) is 0 Å². The van der Waals surface area contributed by atoms with Crippen molar-refractivity contribution >= 4 is 15.9 Å². The number of pyridine rings is 1. The SMILES string of the molecule is C=C[C@H](N)c1cc(Br)c[nH]c1=O. The molecule has 0 aromatic carbocycles. The first-order valence-corrected chi connectivity index (χ1v) is 4.20. The number of aromatic amines is 1. The van der Waals surface area contributed by atoms with Gasteiger partial charge in [0.1, 0.15) is 0 Å². The summed E-state index contributed by atoms with van der Waals surface area (Å²) in [6, 6.07) is 1.27. The standard InChI is InChI=1S/C8H9BrN2O/c1-2-7(10)6-3-5(9)4-11-8(6)12/h2-4,7H,1,10H2,(H,11,12)/t7-/m0/s1. The Balaban J connectivity index is 3.22. The topological polar surface area (TPSA) is 58.9 Å². The molecule has 64 valence electrons. The van der Waals surface area contributed by atoms with Gasteiger partial charge >= 0.3 is 0 Å². The molecular weight excluding hydrogens is 220 g/mol. The fourth-order valence-electron chi connectivity index (χ4n) is 0.848. The van der Waals surface area contributed by atoms with E-state index in [0.29, 0.717) is 5.56 Å². The van der Waals surface area contributed by atoms with E-state index in [2.05, 4.69) is 27.5 Å². The number of nitrogens with one attached hydrogen (secondary N) is 1. The quantitative estimate of drug-likeness (QED) is 0.751. The second-order valence-corrected chi connectivity index (χ2v) is 3.28. The third-order valence-electron chi connectivity index (χ3n) is 1.51. The lowest BCUT2D eigenvalue weighted by atomic mass is 10.1. The summed E-state index contributed by atoms with van der Waals surface area (Å²) in [5, 5.41) is 0. The fourth-order valence-corrected chi connectivity index (χ4v) is 1.21. The Bertz CT molecular complexity index is 345. The van der Waals surface area contributed by atoms with E-state index >= 15 is 0 Å². The summed E-state index contributed by atoms with van der Waals surface area (Å²) in [6.07, 6.45) is 3.10. The van der Waals surface area contributed by atoms with Gasteiger partial charge in [0.15, 0.2) is 0 Å². The third kappa shape index (κ3) is 1.84. The van der Waals surface area contributed by atoms with Crippen molar-refractivity contribution in [2.24, 2.45) is 5.73 Å². The van der Waals surface area contributed by atoms with Crippen LogP contribution in [0.15, 0.2) is 34.2 Å². The van der Waals surface area contributed by atoms with E-state index in [1.165, 1.54) is 6.08 Å². The number of halogens is 1. The van der Waals surface area contributed by atoms with Crippen molar-refractivity contribution in [2.45, 2.75) is 6.04 Å². The van der Waals surface area contributed by atoms with Gasteiger partial charge in [0.2, 0.25) is 0 Å². The average Bonchev–Trinajstić information content (AvgIpc) is 2.08. The highest BCUT2D eigenvalue weighted by Gasteiger charge is 2.05. The molecule has 1 heterocycles. The van der Waals surface area contributed by atoms with E-state index in [1.54, 1.807) is 12.3 Å². The molecule has 1 aromatic rings. The normalized spacial score (nSPS) is 12.5. The summed E-state index contributed by atoms with van der Waals surface area (Å²) < 4.78 is 0.800. The molecule has 0 aliphatic heterocycles. The fraction of sp³-hybridized carbons (Fsp3) is 0.125. The highest BCUT2D eigenvalue weighted by Crippen LogP contribution is 2.11. The van der Waals surface area contributed by atoms with Crippen molar-refractivity contribution in [1.29, 1.82) is 0 Å². The molecule has 3 N–H and O–H groups in total. The van der Waals surface area contributed by atoms with E-state index in [1.807, 2.05) is 0 Å².